The average Bonchev–Trinajstić information content (AvgIpc) is 2.27. The third-order valence-electron chi connectivity index (χ3n) is 2.84. The molecule has 4 nitrogen and oxygen atoms in total. The molecule has 0 atom stereocenters. The normalized spacial score (nSPS) is 12.6. The molecule has 0 aromatic carbocycles. The molecular weight excluding hydrogens is 306 g/mol. The van der Waals surface area contributed by atoms with Crippen molar-refractivity contribution in [2.75, 3.05) is 19.0 Å². The second-order valence-electron chi connectivity index (χ2n) is 6.00. The van der Waals surface area contributed by atoms with Gasteiger partial charge in [0.1, 0.15) is 11.4 Å². The van der Waals surface area contributed by atoms with Crippen LogP contribution in [-0.4, -0.2) is 23.6 Å². The first-order valence-electron chi connectivity index (χ1n) is 6.53. The van der Waals surface area contributed by atoms with Crippen molar-refractivity contribution in [1.82, 2.24) is 9.97 Å². The van der Waals surface area contributed by atoms with Crippen molar-refractivity contribution in [3.8, 4) is 0 Å². The summed E-state index contributed by atoms with van der Waals surface area (Å²) in [5, 5.41) is 3.11. The predicted octanol–water partition coefficient (Wildman–Crippen LogP) is 3.85. The number of aromatic nitrogens is 2. The topological polar surface area (TPSA) is 47.0 Å². The summed E-state index contributed by atoms with van der Waals surface area (Å²) in [6, 6.07) is 0. The lowest BCUT2D eigenvalue weighted by molar-refractivity contribution is -0.0210. The standard InChI is InChI=1S/C14H24BrN3O/c1-8-19-14(5,6)12-17-10(13(2,3)4)9(15)11(16-7)18-12/h8H2,1-7H3,(H,16,17,18). The van der Waals surface area contributed by atoms with E-state index in [1.54, 1.807) is 0 Å². The SMILES string of the molecule is CCOC(C)(C)c1nc(NC)c(Br)c(C(C)(C)C)n1. The van der Waals surface area contributed by atoms with Gasteiger partial charge in [0.15, 0.2) is 5.82 Å². The van der Waals surface area contributed by atoms with Gasteiger partial charge < -0.3 is 10.1 Å². The Labute approximate surface area is 124 Å². The van der Waals surface area contributed by atoms with E-state index < -0.39 is 5.60 Å². The monoisotopic (exact) mass is 329 g/mol. The minimum absolute atomic E-state index is 0.0651. The maximum atomic E-state index is 5.75. The summed E-state index contributed by atoms with van der Waals surface area (Å²) in [6.07, 6.45) is 0. The number of rotatable bonds is 4. The molecule has 0 aliphatic rings. The van der Waals surface area contributed by atoms with E-state index in [4.69, 9.17) is 9.72 Å². The Morgan fingerprint density at radius 3 is 2.16 bits per heavy atom. The zero-order valence-corrected chi connectivity index (χ0v) is 14.5. The van der Waals surface area contributed by atoms with E-state index in [-0.39, 0.29) is 5.41 Å². The maximum Gasteiger partial charge on any atom is 0.162 e. The smallest absolute Gasteiger partial charge is 0.162 e. The first-order chi connectivity index (χ1) is 8.63. The highest BCUT2D eigenvalue weighted by Gasteiger charge is 2.29. The van der Waals surface area contributed by atoms with Crippen LogP contribution in [0.1, 0.15) is 53.1 Å². The molecule has 108 valence electrons. The minimum atomic E-state index is -0.499. The Hall–Kier alpha value is -0.680. The molecule has 0 aliphatic heterocycles. The van der Waals surface area contributed by atoms with Crippen LogP contribution in [0.2, 0.25) is 0 Å². The number of nitrogens with one attached hydrogen (secondary N) is 1. The Bertz CT molecular complexity index is 453. The van der Waals surface area contributed by atoms with Gasteiger partial charge >= 0.3 is 0 Å². The van der Waals surface area contributed by atoms with Crippen LogP contribution < -0.4 is 5.32 Å². The molecular formula is C14H24BrN3O. The number of halogens is 1. The van der Waals surface area contributed by atoms with Gasteiger partial charge in [0.2, 0.25) is 0 Å². The molecule has 0 fully saturated rings. The van der Waals surface area contributed by atoms with Gasteiger partial charge in [-0.15, -0.1) is 0 Å². The first kappa shape index (κ1) is 16.4. The fraction of sp³-hybridized carbons (Fsp3) is 0.714. The van der Waals surface area contributed by atoms with Crippen LogP contribution in [0.3, 0.4) is 0 Å². The quantitative estimate of drug-likeness (QED) is 0.911. The summed E-state index contributed by atoms with van der Waals surface area (Å²) in [7, 11) is 1.86. The maximum absolute atomic E-state index is 5.75. The lowest BCUT2D eigenvalue weighted by Crippen LogP contribution is -2.28. The summed E-state index contributed by atoms with van der Waals surface area (Å²) in [5.74, 6) is 1.49. The van der Waals surface area contributed by atoms with Crippen LogP contribution >= 0.6 is 15.9 Å². The molecule has 0 aliphatic carbocycles. The van der Waals surface area contributed by atoms with E-state index in [1.165, 1.54) is 0 Å². The number of nitrogens with zero attached hydrogens (tertiary/aromatic N) is 2. The second-order valence-corrected chi connectivity index (χ2v) is 6.79. The van der Waals surface area contributed by atoms with E-state index in [0.717, 1.165) is 16.0 Å². The summed E-state index contributed by atoms with van der Waals surface area (Å²) < 4.78 is 6.67. The van der Waals surface area contributed by atoms with Gasteiger partial charge in [-0.3, -0.25) is 0 Å². The van der Waals surface area contributed by atoms with Crippen molar-refractivity contribution in [2.45, 2.75) is 52.6 Å². The third-order valence-corrected chi connectivity index (χ3v) is 3.59. The van der Waals surface area contributed by atoms with Crippen molar-refractivity contribution in [1.29, 1.82) is 0 Å². The van der Waals surface area contributed by atoms with Crippen LogP contribution in [0, 0.1) is 0 Å². The summed E-state index contributed by atoms with van der Waals surface area (Å²) in [5.41, 5.74) is 0.417. The van der Waals surface area contributed by atoms with Crippen molar-refractivity contribution in [3.05, 3.63) is 16.0 Å². The molecule has 1 N–H and O–H groups in total. The number of ether oxygens (including phenoxy) is 1. The zero-order chi connectivity index (χ0) is 14.8. The highest BCUT2D eigenvalue weighted by molar-refractivity contribution is 9.10. The lowest BCUT2D eigenvalue weighted by atomic mass is 9.91. The van der Waals surface area contributed by atoms with Gasteiger partial charge in [0.05, 0.1) is 10.2 Å². The molecule has 0 amide bonds. The first-order valence-corrected chi connectivity index (χ1v) is 7.33. The summed E-state index contributed by atoms with van der Waals surface area (Å²) >= 11 is 3.59. The van der Waals surface area contributed by atoms with Crippen molar-refractivity contribution in [2.24, 2.45) is 0 Å². The molecule has 1 aromatic rings. The molecule has 1 aromatic heterocycles. The van der Waals surface area contributed by atoms with Crippen LogP contribution in [-0.2, 0) is 15.8 Å². The Morgan fingerprint density at radius 1 is 1.16 bits per heavy atom. The Kier molecular flexibility index (Phi) is 4.96. The van der Waals surface area contributed by atoms with Crippen LogP contribution in [0.5, 0.6) is 0 Å². The molecule has 1 rings (SSSR count). The third kappa shape index (κ3) is 3.66. The van der Waals surface area contributed by atoms with Gasteiger partial charge in [0, 0.05) is 19.1 Å². The highest BCUT2D eigenvalue weighted by Crippen LogP contribution is 2.34. The molecule has 0 saturated carbocycles. The molecule has 0 unspecified atom stereocenters. The fourth-order valence-corrected chi connectivity index (χ4v) is 2.77. The molecule has 0 radical (unpaired) electrons. The van der Waals surface area contributed by atoms with Gasteiger partial charge in [-0.25, -0.2) is 9.97 Å². The van der Waals surface area contributed by atoms with Gasteiger partial charge in [-0.1, -0.05) is 20.8 Å². The van der Waals surface area contributed by atoms with Gasteiger partial charge in [-0.2, -0.15) is 0 Å². The molecule has 0 bridgehead atoms. The Morgan fingerprint density at radius 2 is 1.74 bits per heavy atom. The number of hydrogen-bond donors (Lipinski definition) is 1. The highest BCUT2D eigenvalue weighted by atomic mass is 79.9. The molecule has 5 heteroatoms. The van der Waals surface area contributed by atoms with Crippen LogP contribution in [0.4, 0.5) is 5.82 Å². The second kappa shape index (κ2) is 5.75. The predicted molar refractivity (Wildman–Crippen MR) is 82.6 cm³/mol. The number of anilines is 1. The van der Waals surface area contributed by atoms with Crippen molar-refractivity contribution >= 4 is 21.7 Å². The van der Waals surface area contributed by atoms with Crippen LogP contribution in [0.15, 0.2) is 4.47 Å². The molecule has 1 heterocycles. The molecule has 0 saturated heterocycles. The van der Waals surface area contributed by atoms with Crippen LogP contribution in [0.25, 0.3) is 0 Å². The van der Waals surface area contributed by atoms with E-state index in [1.807, 2.05) is 27.8 Å². The minimum Gasteiger partial charge on any atom is -0.372 e. The van der Waals surface area contributed by atoms with E-state index >= 15 is 0 Å². The van der Waals surface area contributed by atoms with E-state index in [9.17, 15) is 0 Å². The van der Waals surface area contributed by atoms with Gasteiger partial charge in [0.25, 0.3) is 0 Å². The average molecular weight is 330 g/mol. The van der Waals surface area contributed by atoms with E-state index in [2.05, 4.69) is 47.0 Å². The lowest BCUT2D eigenvalue weighted by Gasteiger charge is -2.27. The van der Waals surface area contributed by atoms with Crippen molar-refractivity contribution in [3.63, 3.8) is 0 Å². The fourth-order valence-electron chi connectivity index (χ4n) is 1.80. The zero-order valence-electron chi connectivity index (χ0n) is 12.9. The van der Waals surface area contributed by atoms with E-state index in [0.29, 0.717) is 12.4 Å². The number of hydrogen-bond acceptors (Lipinski definition) is 4. The summed E-state index contributed by atoms with van der Waals surface area (Å²) in [4.78, 5) is 9.28. The Balaban J connectivity index is 3.44. The molecule has 0 spiro atoms. The van der Waals surface area contributed by atoms with Gasteiger partial charge in [-0.05, 0) is 36.7 Å². The van der Waals surface area contributed by atoms with Crippen molar-refractivity contribution < 1.29 is 4.74 Å². The largest absolute Gasteiger partial charge is 0.372 e. The summed E-state index contributed by atoms with van der Waals surface area (Å²) in [6.45, 7) is 13.0. The molecule has 19 heavy (non-hydrogen) atoms.